The second kappa shape index (κ2) is 6.70. The molecule has 0 aliphatic heterocycles. The molecule has 2 rings (SSSR count). The van der Waals surface area contributed by atoms with Crippen LogP contribution in [-0.4, -0.2) is 12.7 Å². The molecule has 1 fully saturated rings. The minimum Gasteiger partial charge on any atom is -0.376 e. The number of aryl methyl sites for hydroxylation is 2. The van der Waals surface area contributed by atoms with E-state index in [4.69, 9.17) is 10.6 Å². The summed E-state index contributed by atoms with van der Waals surface area (Å²) in [5.41, 5.74) is 6.69. The monoisotopic (exact) mass is 276 g/mol. The standard InChI is InChI=1S/C17H28N2O/c1-13-8-9-14(2)15(12-13)16(19-18)17(20-3)10-6-4-5-7-11-17/h8-9,12,16,19H,4-7,10-11,18H2,1-3H3. The van der Waals surface area contributed by atoms with Gasteiger partial charge in [-0.05, 0) is 37.8 Å². The third-order valence-corrected chi connectivity index (χ3v) is 4.79. The summed E-state index contributed by atoms with van der Waals surface area (Å²) in [7, 11) is 1.83. The van der Waals surface area contributed by atoms with E-state index in [0.29, 0.717) is 0 Å². The van der Waals surface area contributed by atoms with Crippen LogP contribution in [-0.2, 0) is 4.74 Å². The molecule has 3 heteroatoms. The molecular formula is C17H28N2O. The maximum Gasteiger partial charge on any atom is 0.0885 e. The SMILES string of the molecule is COC1(C(NN)c2cc(C)ccc2C)CCCCCC1. The second-order valence-electron chi connectivity index (χ2n) is 6.14. The minimum atomic E-state index is -0.177. The van der Waals surface area contributed by atoms with Crippen LogP contribution in [0, 0.1) is 13.8 Å². The summed E-state index contributed by atoms with van der Waals surface area (Å²) in [6.07, 6.45) is 7.19. The summed E-state index contributed by atoms with van der Waals surface area (Å²) in [4.78, 5) is 0. The van der Waals surface area contributed by atoms with Gasteiger partial charge in [0, 0.05) is 7.11 Å². The van der Waals surface area contributed by atoms with E-state index in [0.717, 1.165) is 12.8 Å². The molecule has 112 valence electrons. The van der Waals surface area contributed by atoms with Crippen molar-refractivity contribution in [2.75, 3.05) is 7.11 Å². The molecular weight excluding hydrogens is 248 g/mol. The van der Waals surface area contributed by atoms with Crippen LogP contribution in [0.5, 0.6) is 0 Å². The number of hydrazine groups is 1. The summed E-state index contributed by atoms with van der Waals surface area (Å²) >= 11 is 0. The van der Waals surface area contributed by atoms with Gasteiger partial charge in [-0.3, -0.25) is 11.3 Å². The summed E-state index contributed by atoms with van der Waals surface area (Å²) in [6.45, 7) is 4.28. The van der Waals surface area contributed by atoms with Crippen molar-refractivity contribution < 1.29 is 4.74 Å². The highest BCUT2D eigenvalue weighted by Gasteiger charge is 2.40. The summed E-state index contributed by atoms with van der Waals surface area (Å²) in [6, 6.07) is 6.63. The highest BCUT2D eigenvalue weighted by atomic mass is 16.5. The molecule has 0 radical (unpaired) electrons. The number of rotatable bonds is 4. The number of ether oxygens (including phenoxy) is 1. The summed E-state index contributed by atoms with van der Waals surface area (Å²) < 4.78 is 6.02. The van der Waals surface area contributed by atoms with Gasteiger partial charge in [0.1, 0.15) is 0 Å². The number of nitrogens with two attached hydrogens (primary N) is 1. The van der Waals surface area contributed by atoms with Crippen molar-refractivity contribution >= 4 is 0 Å². The van der Waals surface area contributed by atoms with Crippen molar-refractivity contribution in [2.45, 2.75) is 64.0 Å². The lowest BCUT2D eigenvalue weighted by Gasteiger charge is -2.40. The third kappa shape index (κ3) is 3.05. The first-order valence-corrected chi connectivity index (χ1v) is 7.71. The fourth-order valence-corrected chi connectivity index (χ4v) is 3.53. The summed E-state index contributed by atoms with van der Waals surface area (Å²) in [5.74, 6) is 5.94. The van der Waals surface area contributed by atoms with Crippen molar-refractivity contribution in [2.24, 2.45) is 5.84 Å². The van der Waals surface area contributed by atoms with Crippen molar-refractivity contribution in [3.63, 3.8) is 0 Å². The van der Waals surface area contributed by atoms with E-state index in [2.05, 4.69) is 37.5 Å². The number of nitrogens with one attached hydrogen (secondary N) is 1. The molecule has 1 aliphatic carbocycles. The molecule has 1 atom stereocenters. The van der Waals surface area contributed by atoms with Crippen LogP contribution in [0.4, 0.5) is 0 Å². The Bertz CT molecular complexity index is 437. The number of benzene rings is 1. The van der Waals surface area contributed by atoms with E-state index < -0.39 is 0 Å². The molecule has 0 heterocycles. The van der Waals surface area contributed by atoms with Crippen LogP contribution >= 0.6 is 0 Å². The summed E-state index contributed by atoms with van der Waals surface area (Å²) in [5, 5.41) is 0. The molecule has 3 nitrogen and oxygen atoms in total. The molecule has 1 saturated carbocycles. The first-order valence-electron chi connectivity index (χ1n) is 7.71. The Morgan fingerprint density at radius 3 is 2.35 bits per heavy atom. The lowest BCUT2D eigenvalue weighted by atomic mass is 9.80. The molecule has 0 saturated heterocycles. The van der Waals surface area contributed by atoms with Crippen LogP contribution in [0.2, 0.25) is 0 Å². The number of hydrogen-bond donors (Lipinski definition) is 2. The lowest BCUT2D eigenvalue weighted by molar-refractivity contribution is -0.0542. The fourth-order valence-electron chi connectivity index (χ4n) is 3.53. The van der Waals surface area contributed by atoms with Crippen LogP contribution in [0.25, 0.3) is 0 Å². The molecule has 3 N–H and O–H groups in total. The molecule has 0 amide bonds. The van der Waals surface area contributed by atoms with Gasteiger partial charge in [0.2, 0.25) is 0 Å². The minimum absolute atomic E-state index is 0.0606. The topological polar surface area (TPSA) is 47.3 Å². The average molecular weight is 276 g/mol. The molecule has 1 aromatic carbocycles. The number of hydrogen-bond acceptors (Lipinski definition) is 3. The molecule has 1 aromatic rings. The highest BCUT2D eigenvalue weighted by molar-refractivity contribution is 5.34. The van der Waals surface area contributed by atoms with Gasteiger partial charge in [-0.25, -0.2) is 0 Å². The van der Waals surface area contributed by atoms with E-state index in [9.17, 15) is 0 Å². The van der Waals surface area contributed by atoms with Gasteiger partial charge in [0.25, 0.3) is 0 Å². The zero-order valence-electron chi connectivity index (χ0n) is 13.0. The van der Waals surface area contributed by atoms with Gasteiger partial charge >= 0.3 is 0 Å². The maximum absolute atomic E-state index is 6.02. The Morgan fingerprint density at radius 2 is 1.80 bits per heavy atom. The van der Waals surface area contributed by atoms with Gasteiger partial charge in [0.15, 0.2) is 0 Å². The van der Waals surface area contributed by atoms with E-state index in [-0.39, 0.29) is 11.6 Å². The van der Waals surface area contributed by atoms with Crippen LogP contribution < -0.4 is 11.3 Å². The average Bonchev–Trinajstić information content (AvgIpc) is 2.70. The van der Waals surface area contributed by atoms with E-state index >= 15 is 0 Å². The van der Waals surface area contributed by atoms with Crippen molar-refractivity contribution in [3.8, 4) is 0 Å². The lowest BCUT2D eigenvalue weighted by Crippen LogP contribution is -2.48. The van der Waals surface area contributed by atoms with Gasteiger partial charge in [-0.1, -0.05) is 49.4 Å². The van der Waals surface area contributed by atoms with Crippen LogP contribution in [0.15, 0.2) is 18.2 Å². The van der Waals surface area contributed by atoms with E-state index in [1.54, 1.807) is 0 Å². The maximum atomic E-state index is 6.02. The van der Waals surface area contributed by atoms with Gasteiger partial charge < -0.3 is 4.74 Å². The second-order valence-corrected chi connectivity index (χ2v) is 6.14. The van der Waals surface area contributed by atoms with Crippen molar-refractivity contribution in [1.29, 1.82) is 0 Å². The van der Waals surface area contributed by atoms with Crippen LogP contribution in [0.3, 0.4) is 0 Å². The largest absolute Gasteiger partial charge is 0.376 e. The Hall–Kier alpha value is -0.900. The zero-order valence-corrected chi connectivity index (χ0v) is 13.0. The predicted molar refractivity (Wildman–Crippen MR) is 83.4 cm³/mol. The molecule has 0 spiro atoms. The Morgan fingerprint density at radius 1 is 1.15 bits per heavy atom. The van der Waals surface area contributed by atoms with Gasteiger partial charge in [-0.15, -0.1) is 0 Å². The number of methoxy groups -OCH3 is 1. The Kier molecular flexibility index (Phi) is 5.19. The normalized spacial score (nSPS) is 20.4. The van der Waals surface area contributed by atoms with Crippen LogP contribution in [0.1, 0.15) is 61.3 Å². The first kappa shape index (κ1) is 15.5. The molecule has 0 aromatic heterocycles. The highest BCUT2D eigenvalue weighted by Crippen LogP contribution is 2.40. The first-order chi connectivity index (χ1) is 9.63. The third-order valence-electron chi connectivity index (χ3n) is 4.79. The van der Waals surface area contributed by atoms with E-state index in [1.807, 2.05) is 7.11 Å². The van der Waals surface area contributed by atoms with Crippen molar-refractivity contribution in [3.05, 3.63) is 34.9 Å². The van der Waals surface area contributed by atoms with Gasteiger partial charge in [-0.2, -0.15) is 0 Å². The molecule has 0 bridgehead atoms. The molecule has 1 aliphatic rings. The fraction of sp³-hybridized carbons (Fsp3) is 0.647. The quantitative estimate of drug-likeness (QED) is 0.502. The Balaban J connectivity index is 2.40. The van der Waals surface area contributed by atoms with Crippen molar-refractivity contribution in [1.82, 2.24) is 5.43 Å². The zero-order chi connectivity index (χ0) is 14.6. The molecule has 1 unspecified atom stereocenters. The van der Waals surface area contributed by atoms with E-state index in [1.165, 1.54) is 42.4 Å². The Labute approximate surface area is 122 Å². The van der Waals surface area contributed by atoms with Gasteiger partial charge in [0.05, 0.1) is 11.6 Å². The molecule has 20 heavy (non-hydrogen) atoms. The smallest absolute Gasteiger partial charge is 0.0885 e. The predicted octanol–water partition coefficient (Wildman–Crippen LogP) is 3.55.